The van der Waals surface area contributed by atoms with Crippen molar-refractivity contribution in [3.05, 3.63) is 59.9 Å². The molecule has 0 bridgehead atoms. The van der Waals surface area contributed by atoms with Crippen LogP contribution >= 0.6 is 0 Å². The van der Waals surface area contributed by atoms with E-state index in [0.29, 0.717) is 17.7 Å². The predicted molar refractivity (Wildman–Crippen MR) is 79.3 cm³/mol. The number of rotatable bonds is 5. The number of benzene rings is 2. The van der Waals surface area contributed by atoms with Crippen molar-refractivity contribution in [3.63, 3.8) is 0 Å². The third kappa shape index (κ3) is 2.97. The Hall–Kier alpha value is -2.56. The van der Waals surface area contributed by atoms with Gasteiger partial charge in [0.1, 0.15) is 17.1 Å². The Kier molecular flexibility index (Phi) is 4.12. The number of hydrogen-bond donors (Lipinski definition) is 3. The number of anilines is 1. The number of aromatic hydroxyl groups is 1. The van der Waals surface area contributed by atoms with Crippen LogP contribution in [0.3, 0.4) is 0 Å². The Morgan fingerprint density at radius 1 is 1.19 bits per heavy atom. The molecule has 0 aliphatic heterocycles. The highest BCUT2D eigenvalue weighted by Crippen LogP contribution is 2.31. The van der Waals surface area contributed by atoms with E-state index in [1.165, 1.54) is 24.3 Å². The Labute approximate surface area is 122 Å². The van der Waals surface area contributed by atoms with Gasteiger partial charge >= 0.3 is 0 Å². The van der Waals surface area contributed by atoms with Crippen molar-refractivity contribution in [1.82, 2.24) is 0 Å². The van der Waals surface area contributed by atoms with Gasteiger partial charge in [0.25, 0.3) is 0 Å². The van der Waals surface area contributed by atoms with Crippen LogP contribution in [0.5, 0.6) is 5.75 Å². The molecule has 4 N–H and O–H groups in total. The summed E-state index contributed by atoms with van der Waals surface area (Å²) in [5.41, 5.74) is 5.70. The molecule has 5 heteroatoms. The molecule has 0 saturated carbocycles. The fourth-order valence-corrected chi connectivity index (χ4v) is 2.27. The first kappa shape index (κ1) is 14.8. The van der Waals surface area contributed by atoms with Gasteiger partial charge in [0.15, 0.2) is 0 Å². The summed E-state index contributed by atoms with van der Waals surface area (Å²) in [6, 6.07) is 12.0. The second-order valence-corrected chi connectivity index (χ2v) is 4.80. The maximum absolute atomic E-state index is 13.0. The minimum Gasteiger partial charge on any atom is -0.508 e. The monoisotopic (exact) mass is 288 g/mol. The second kappa shape index (κ2) is 5.83. The van der Waals surface area contributed by atoms with Gasteiger partial charge in [-0.05, 0) is 48.4 Å². The number of carbonyl (C=O) groups is 1. The Bertz CT molecular complexity index is 626. The highest BCUT2D eigenvalue weighted by Gasteiger charge is 2.36. The average molecular weight is 288 g/mol. The molecular weight excluding hydrogens is 271 g/mol. The van der Waals surface area contributed by atoms with Crippen LogP contribution in [0.4, 0.5) is 10.1 Å². The van der Waals surface area contributed by atoms with E-state index < -0.39 is 11.4 Å². The molecule has 110 valence electrons. The van der Waals surface area contributed by atoms with E-state index in [1.807, 2.05) is 6.92 Å². The third-order valence-corrected chi connectivity index (χ3v) is 3.51. The number of phenolic OH excluding ortho intramolecular Hbond substituents is 1. The molecule has 1 atom stereocenters. The summed E-state index contributed by atoms with van der Waals surface area (Å²) >= 11 is 0. The van der Waals surface area contributed by atoms with E-state index in [9.17, 15) is 14.3 Å². The molecule has 0 fully saturated rings. The van der Waals surface area contributed by atoms with E-state index in [4.69, 9.17) is 5.73 Å². The van der Waals surface area contributed by atoms with Gasteiger partial charge in [0, 0.05) is 5.69 Å². The lowest BCUT2D eigenvalue weighted by atomic mass is 9.86. The molecule has 1 amide bonds. The lowest BCUT2D eigenvalue weighted by molar-refractivity contribution is -0.122. The van der Waals surface area contributed by atoms with Crippen molar-refractivity contribution in [2.75, 3.05) is 5.32 Å². The van der Waals surface area contributed by atoms with Gasteiger partial charge < -0.3 is 16.2 Å². The lowest BCUT2D eigenvalue weighted by Crippen LogP contribution is -2.47. The SMILES string of the molecule is CCC(Nc1ccc(F)cc1)(C(N)=O)c1ccc(O)cc1. The number of nitrogens with two attached hydrogens (primary N) is 1. The Morgan fingerprint density at radius 3 is 2.24 bits per heavy atom. The predicted octanol–water partition coefficient (Wildman–Crippen LogP) is 2.73. The molecule has 2 aromatic rings. The first-order chi connectivity index (χ1) is 9.98. The number of primary amides is 1. The molecule has 0 saturated heterocycles. The van der Waals surface area contributed by atoms with Crippen molar-refractivity contribution in [1.29, 1.82) is 0 Å². The van der Waals surface area contributed by atoms with E-state index in [-0.39, 0.29) is 11.6 Å². The minimum absolute atomic E-state index is 0.106. The number of nitrogens with one attached hydrogen (secondary N) is 1. The summed E-state index contributed by atoms with van der Waals surface area (Å²) in [7, 11) is 0. The summed E-state index contributed by atoms with van der Waals surface area (Å²) in [6.45, 7) is 1.83. The Morgan fingerprint density at radius 2 is 1.76 bits per heavy atom. The lowest BCUT2D eigenvalue weighted by Gasteiger charge is -2.32. The van der Waals surface area contributed by atoms with Gasteiger partial charge in [-0.3, -0.25) is 4.79 Å². The first-order valence-corrected chi connectivity index (χ1v) is 6.61. The zero-order valence-electron chi connectivity index (χ0n) is 11.6. The zero-order chi connectivity index (χ0) is 15.5. The molecule has 21 heavy (non-hydrogen) atoms. The van der Waals surface area contributed by atoms with Crippen molar-refractivity contribution in [2.45, 2.75) is 18.9 Å². The molecule has 2 aromatic carbocycles. The van der Waals surface area contributed by atoms with Gasteiger partial charge in [-0.15, -0.1) is 0 Å². The van der Waals surface area contributed by atoms with E-state index in [0.717, 1.165) is 0 Å². The van der Waals surface area contributed by atoms with E-state index in [1.54, 1.807) is 24.3 Å². The van der Waals surface area contributed by atoms with Crippen molar-refractivity contribution in [3.8, 4) is 5.75 Å². The fraction of sp³-hybridized carbons (Fsp3) is 0.188. The van der Waals surface area contributed by atoms with Crippen LogP contribution < -0.4 is 11.1 Å². The third-order valence-electron chi connectivity index (χ3n) is 3.51. The van der Waals surface area contributed by atoms with Crippen LogP contribution in [0.15, 0.2) is 48.5 Å². The highest BCUT2D eigenvalue weighted by molar-refractivity contribution is 5.89. The van der Waals surface area contributed by atoms with E-state index >= 15 is 0 Å². The van der Waals surface area contributed by atoms with Crippen LogP contribution in [-0.2, 0) is 10.3 Å². The van der Waals surface area contributed by atoms with Crippen LogP contribution in [0, 0.1) is 5.82 Å². The number of hydrogen-bond acceptors (Lipinski definition) is 3. The maximum Gasteiger partial charge on any atom is 0.247 e. The molecule has 0 aliphatic rings. The number of phenols is 1. The largest absolute Gasteiger partial charge is 0.508 e. The van der Waals surface area contributed by atoms with Crippen molar-refractivity contribution in [2.24, 2.45) is 5.73 Å². The second-order valence-electron chi connectivity index (χ2n) is 4.80. The van der Waals surface area contributed by atoms with Gasteiger partial charge in [0.05, 0.1) is 0 Å². The van der Waals surface area contributed by atoms with Crippen LogP contribution in [0.25, 0.3) is 0 Å². The first-order valence-electron chi connectivity index (χ1n) is 6.61. The van der Waals surface area contributed by atoms with Gasteiger partial charge in [-0.1, -0.05) is 19.1 Å². The van der Waals surface area contributed by atoms with Gasteiger partial charge in [-0.2, -0.15) is 0 Å². The summed E-state index contributed by atoms with van der Waals surface area (Å²) < 4.78 is 13.0. The molecule has 0 aliphatic carbocycles. The number of amides is 1. The fourth-order valence-electron chi connectivity index (χ4n) is 2.27. The smallest absolute Gasteiger partial charge is 0.247 e. The molecule has 2 rings (SSSR count). The van der Waals surface area contributed by atoms with Gasteiger partial charge in [-0.25, -0.2) is 4.39 Å². The molecular formula is C16H17FN2O2. The zero-order valence-corrected chi connectivity index (χ0v) is 11.6. The molecule has 4 nitrogen and oxygen atoms in total. The molecule has 0 radical (unpaired) electrons. The summed E-state index contributed by atoms with van der Waals surface area (Å²) in [5, 5.41) is 12.5. The maximum atomic E-state index is 13.0. The van der Waals surface area contributed by atoms with Crippen molar-refractivity contribution < 1.29 is 14.3 Å². The van der Waals surface area contributed by atoms with Gasteiger partial charge in [0.2, 0.25) is 5.91 Å². The van der Waals surface area contributed by atoms with Crippen LogP contribution in [-0.4, -0.2) is 11.0 Å². The number of halogens is 1. The Balaban J connectivity index is 2.44. The minimum atomic E-state index is -1.12. The topological polar surface area (TPSA) is 75.3 Å². The van der Waals surface area contributed by atoms with Crippen LogP contribution in [0.1, 0.15) is 18.9 Å². The quantitative estimate of drug-likeness (QED) is 0.792. The summed E-state index contributed by atoms with van der Waals surface area (Å²) in [5.74, 6) is -0.790. The average Bonchev–Trinajstić information content (AvgIpc) is 2.47. The highest BCUT2D eigenvalue weighted by atomic mass is 19.1. The summed E-state index contributed by atoms with van der Waals surface area (Å²) in [6.07, 6.45) is 0.407. The summed E-state index contributed by atoms with van der Waals surface area (Å²) in [4.78, 5) is 12.0. The molecule has 1 unspecified atom stereocenters. The molecule has 0 heterocycles. The number of carbonyl (C=O) groups excluding carboxylic acids is 1. The normalized spacial score (nSPS) is 13.4. The standard InChI is InChI=1S/C16H17FN2O2/c1-2-16(15(18)21,11-3-9-14(20)10-4-11)19-13-7-5-12(17)6-8-13/h3-10,19-20H,2H2,1H3,(H2,18,21). The van der Waals surface area contributed by atoms with Crippen molar-refractivity contribution >= 4 is 11.6 Å². The van der Waals surface area contributed by atoms with E-state index in [2.05, 4.69) is 5.32 Å². The van der Waals surface area contributed by atoms with Crippen LogP contribution in [0.2, 0.25) is 0 Å². The molecule has 0 spiro atoms. The molecule has 0 aromatic heterocycles.